The Morgan fingerprint density at radius 1 is 1.53 bits per heavy atom. The number of likely N-dealkylation sites (N-methyl/N-ethyl adjacent to an activating group) is 1. The van der Waals surface area contributed by atoms with Crippen LogP contribution in [-0.4, -0.2) is 59.5 Å². The van der Waals surface area contributed by atoms with Crippen LogP contribution < -0.4 is 16.4 Å². The molecule has 1 saturated heterocycles. The molecule has 0 aliphatic carbocycles. The summed E-state index contributed by atoms with van der Waals surface area (Å²) in [5.74, 6) is -2.45. The number of primary amides is 1. The highest BCUT2D eigenvalue weighted by atomic mass is 16.4. The van der Waals surface area contributed by atoms with E-state index in [0.717, 1.165) is 0 Å². The Morgan fingerprint density at radius 2 is 2.16 bits per heavy atom. The molecule has 4 amide bonds. The van der Waals surface area contributed by atoms with Crippen LogP contribution in [0, 0.1) is 0 Å². The maximum absolute atomic E-state index is 11.5. The molecule has 1 aliphatic heterocycles. The molecule has 0 saturated carbocycles. The Bertz CT molecular complexity index is 411. The zero-order chi connectivity index (χ0) is 14.6. The van der Waals surface area contributed by atoms with Crippen LogP contribution in [0.5, 0.6) is 0 Å². The maximum atomic E-state index is 11.5. The van der Waals surface area contributed by atoms with E-state index in [1.807, 2.05) is 0 Å². The summed E-state index contributed by atoms with van der Waals surface area (Å²) in [5.41, 5.74) is 4.88. The van der Waals surface area contributed by atoms with Gasteiger partial charge in [0.2, 0.25) is 11.8 Å². The number of hydrogen-bond donors (Lipinski definition) is 4. The van der Waals surface area contributed by atoms with Crippen molar-refractivity contribution in [2.45, 2.75) is 24.9 Å². The van der Waals surface area contributed by atoms with Gasteiger partial charge in [0.05, 0.1) is 6.42 Å². The average molecular weight is 272 g/mol. The molecule has 1 unspecified atom stereocenters. The Hall–Kier alpha value is -2.32. The first-order valence-corrected chi connectivity index (χ1v) is 5.64. The Balaban J connectivity index is 2.51. The van der Waals surface area contributed by atoms with Gasteiger partial charge in [-0.2, -0.15) is 0 Å². The third-order valence-corrected chi connectivity index (χ3v) is 2.74. The largest absolute Gasteiger partial charge is 0.480 e. The number of carboxylic acid groups (broad SMARTS) is 1. The summed E-state index contributed by atoms with van der Waals surface area (Å²) in [6.07, 6.45) is -0.0580. The summed E-state index contributed by atoms with van der Waals surface area (Å²) in [4.78, 5) is 46.0. The van der Waals surface area contributed by atoms with Crippen molar-refractivity contribution in [2.75, 3.05) is 13.6 Å². The number of hydrogen-bond acceptors (Lipinski definition) is 4. The highest BCUT2D eigenvalue weighted by molar-refractivity contribution is 5.91. The molecule has 106 valence electrons. The number of carboxylic acids is 1. The lowest BCUT2D eigenvalue weighted by molar-refractivity contribution is -0.140. The van der Waals surface area contributed by atoms with E-state index < -0.39 is 36.4 Å². The fourth-order valence-corrected chi connectivity index (χ4v) is 1.72. The van der Waals surface area contributed by atoms with Gasteiger partial charge in [-0.05, 0) is 6.42 Å². The van der Waals surface area contributed by atoms with Crippen molar-refractivity contribution in [2.24, 2.45) is 5.73 Å². The summed E-state index contributed by atoms with van der Waals surface area (Å²) in [6.45, 7) is 0.521. The predicted octanol–water partition coefficient (Wildman–Crippen LogP) is -2.16. The molecule has 0 bridgehead atoms. The van der Waals surface area contributed by atoms with Crippen LogP contribution in [0.15, 0.2) is 0 Å². The minimum atomic E-state index is -1.41. The number of nitrogens with one attached hydrogen (secondary N) is 2. The molecule has 0 aromatic carbocycles. The van der Waals surface area contributed by atoms with Crippen molar-refractivity contribution in [1.82, 2.24) is 15.5 Å². The van der Waals surface area contributed by atoms with E-state index in [-0.39, 0.29) is 5.91 Å². The van der Waals surface area contributed by atoms with E-state index >= 15 is 0 Å². The second-order valence-corrected chi connectivity index (χ2v) is 4.28. The fourth-order valence-electron chi connectivity index (χ4n) is 1.72. The lowest BCUT2D eigenvalue weighted by Crippen LogP contribution is -2.51. The first-order valence-electron chi connectivity index (χ1n) is 5.64. The van der Waals surface area contributed by atoms with E-state index in [0.29, 0.717) is 13.0 Å². The van der Waals surface area contributed by atoms with Crippen molar-refractivity contribution in [3.63, 3.8) is 0 Å². The molecule has 1 rings (SSSR count). The van der Waals surface area contributed by atoms with Crippen LogP contribution in [0.2, 0.25) is 0 Å². The molecule has 1 fully saturated rings. The van der Waals surface area contributed by atoms with E-state index in [1.165, 1.54) is 4.90 Å². The minimum Gasteiger partial charge on any atom is -0.480 e. The standard InChI is InChI=1S/C10H16N4O5/c1-14-3-2-5(8(14)16)12-10(19)13-6(9(17)18)4-7(11)15/h5-6H,2-4H2,1H3,(H2,11,15)(H,17,18)(H2,12,13,19)/t5?,6-/m0/s1. The van der Waals surface area contributed by atoms with Gasteiger partial charge in [0.15, 0.2) is 0 Å². The van der Waals surface area contributed by atoms with Gasteiger partial charge in [-0.15, -0.1) is 0 Å². The maximum Gasteiger partial charge on any atom is 0.326 e. The molecular weight excluding hydrogens is 256 g/mol. The van der Waals surface area contributed by atoms with Crippen molar-refractivity contribution < 1.29 is 24.3 Å². The van der Waals surface area contributed by atoms with Crippen LogP contribution in [0.3, 0.4) is 0 Å². The highest BCUT2D eigenvalue weighted by Crippen LogP contribution is 2.08. The van der Waals surface area contributed by atoms with E-state index in [4.69, 9.17) is 10.8 Å². The second-order valence-electron chi connectivity index (χ2n) is 4.28. The van der Waals surface area contributed by atoms with Crippen LogP contribution in [0.25, 0.3) is 0 Å². The van der Waals surface area contributed by atoms with Gasteiger partial charge in [-0.3, -0.25) is 9.59 Å². The van der Waals surface area contributed by atoms with Gasteiger partial charge in [0, 0.05) is 13.6 Å². The number of likely N-dealkylation sites (tertiary alicyclic amines) is 1. The molecule has 9 nitrogen and oxygen atoms in total. The second kappa shape index (κ2) is 6.03. The summed E-state index contributed by atoms with van der Waals surface area (Å²) in [6, 6.07) is -2.90. The molecule has 0 radical (unpaired) electrons. The van der Waals surface area contributed by atoms with Crippen molar-refractivity contribution >= 4 is 23.8 Å². The first-order chi connectivity index (χ1) is 8.81. The SMILES string of the molecule is CN1CCC(NC(=O)N[C@@H](CC(N)=O)C(=O)O)C1=O. The predicted molar refractivity (Wildman–Crippen MR) is 62.9 cm³/mol. The zero-order valence-electron chi connectivity index (χ0n) is 10.4. The highest BCUT2D eigenvalue weighted by Gasteiger charge is 2.31. The van der Waals surface area contributed by atoms with Gasteiger partial charge in [-0.25, -0.2) is 9.59 Å². The van der Waals surface area contributed by atoms with Crippen molar-refractivity contribution in [3.05, 3.63) is 0 Å². The third-order valence-electron chi connectivity index (χ3n) is 2.74. The molecule has 1 aliphatic rings. The molecule has 0 aromatic heterocycles. The quantitative estimate of drug-likeness (QED) is 0.451. The van der Waals surface area contributed by atoms with Crippen molar-refractivity contribution in [3.8, 4) is 0 Å². The number of nitrogens with two attached hydrogens (primary N) is 1. The Labute approximate surface area is 109 Å². The van der Waals surface area contributed by atoms with Crippen LogP contribution in [-0.2, 0) is 14.4 Å². The average Bonchev–Trinajstić information content (AvgIpc) is 2.59. The monoisotopic (exact) mass is 272 g/mol. The molecule has 9 heteroatoms. The summed E-state index contributed by atoms with van der Waals surface area (Å²) < 4.78 is 0. The Morgan fingerprint density at radius 3 is 2.58 bits per heavy atom. The van der Waals surface area contributed by atoms with Crippen LogP contribution >= 0.6 is 0 Å². The van der Waals surface area contributed by atoms with Crippen LogP contribution in [0.1, 0.15) is 12.8 Å². The Kier molecular flexibility index (Phi) is 4.67. The lowest BCUT2D eigenvalue weighted by atomic mass is 10.2. The van der Waals surface area contributed by atoms with Gasteiger partial charge in [0.25, 0.3) is 0 Å². The van der Waals surface area contributed by atoms with E-state index in [1.54, 1.807) is 7.05 Å². The van der Waals surface area contributed by atoms with Crippen molar-refractivity contribution in [1.29, 1.82) is 0 Å². The third kappa shape index (κ3) is 4.12. The lowest BCUT2D eigenvalue weighted by Gasteiger charge is -2.16. The number of carbonyl (C=O) groups excluding carboxylic acids is 3. The smallest absolute Gasteiger partial charge is 0.326 e. The normalized spacial score (nSPS) is 19.9. The van der Waals surface area contributed by atoms with Gasteiger partial charge in [-0.1, -0.05) is 0 Å². The summed E-state index contributed by atoms with van der Waals surface area (Å²) in [7, 11) is 1.61. The van der Waals surface area contributed by atoms with Gasteiger partial charge in [0.1, 0.15) is 12.1 Å². The van der Waals surface area contributed by atoms with E-state index in [9.17, 15) is 19.2 Å². The van der Waals surface area contributed by atoms with E-state index in [2.05, 4.69) is 10.6 Å². The molecular formula is C10H16N4O5. The molecule has 0 spiro atoms. The number of rotatable bonds is 5. The summed E-state index contributed by atoms with van der Waals surface area (Å²) >= 11 is 0. The van der Waals surface area contributed by atoms with Gasteiger partial charge >= 0.3 is 12.0 Å². The number of carbonyl (C=O) groups is 4. The summed E-state index contributed by atoms with van der Waals surface area (Å²) in [5, 5.41) is 13.3. The number of amides is 4. The molecule has 2 atom stereocenters. The first kappa shape index (κ1) is 14.7. The fraction of sp³-hybridized carbons (Fsp3) is 0.600. The topological polar surface area (TPSA) is 142 Å². The number of aliphatic carboxylic acids is 1. The number of urea groups is 1. The molecule has 0 aromatic rings. The van der Waals surface area contributed by atoms with Gasteiger partial charge < -0.3 is 26.4 Å². The minimum absolute atomic E-state index is 0.239. The van der Waals surface area contributed by atoms with Crippen LogP contribution in [0.4, 0.5) is 4.79 Å². The molecule has 19 heavy (non-hydrogen) atoms. The zero-order valence-corrected chi connectivity index (χ0v) is 10.4. The molecule has 5 N–H and O–H groups in total. The molecule has 1 heterocycles. The number of nitrogens with zero attached hydrogens (tertiary/aromatic N) is 1.